The summed E-state index contributed by atoms with van der Waals surface area (Å²) in [6.45, 7) is 7.49. The highest BCUT2D eigenvalue weighted by atomic mass is 28.3. The number of rotatable bonds is 9. The third-order valence-electron chi connectivity index (χ3n) is 8.12. The SMILES string of the molecule is Cn1nc2c(c1C=O)C(c1ccc(N3CCC(F)(F)C3)cc1F)N(c1ccc3c(c1)ncn3COCC[Si](C)(C)C)C2=O. The van der Waals surface area contributed by atoms with Crippen molar-refractivity contribution < 1.29 is 27.5 Å². The first-order valence-electron chi connectivity index (χ1n) is 14.2. The number of aryl methyl sites for hydroxylation is 1. The molecule has 6 rings (SSSR count). The van der Waals surface area contributed by atoms with Crippen molar-refractivity contribution in [1.29, 1.82) is 0 Å². The van der Waals surface area contributed by atoms with Gasteiger partial charge in [0, 0.05) is 57.2 Å². The minimum Gasteiger partial charge on any atom is -0.365 e. The number of aromatic nitrogens is 4. The summed E-state index contributed by atoms with van der Waals surface area (Å²) < 4.78 is 52.6. The van der Waals surface area contributed by atoms with Gasteiger partial charge in [0.2, 0.25) is 0 Å². The Hall–Kier alpha value is -3.97. The summed E-state index contributed by atoms with van der Waals surface area (Å²) in [7, 11) is 0.326. The number of benzene rings is 2. The minimum absolute atomic E-state index is 0.0543. The van der Waals surface area contributed by atoms with Crippen LogP contribution in [-0.2, 0) is 18.5 Å². The number of anilines is 2. The van der Waals surface area contributed by atoms with E-state index < -0.39 is 38.3 Å². The van der Waals surface area contributed by atoms with E-state index in [-0.39, 0.29) is 29.9 Å². The molecular weight excluding hydrogens is 577 g/mol. The Morgan fingerprint density at radius 2 is 1.91 bits per heavy atom. The molecule has 0 saturated carbocycles. The van der Waals surface area contributed by atoms with Crippen LogP contribution in [0.1, 0.15) is 44.6 Å². The van der Waals surface area contributed by atoms with Crippen LogP contribution in [0, 0.1) is 5.82 Å². The Bertz CT molecular complexity index is 1730. The van der Waals surface area contributed by atoms with Gasteiger partial charge in [-0.05, 0) is 36.4 Å². The molecule has 0 radical (unpaired) electrons. The van der Waals surface area contributed by atoms with Gasteiger partial charge >= 0.3 is 0 Å². The molecular formula is C30H33F3N6O3Si. The van der Waals surface area contributed by atoms with Crippen molar-refractivity contribution in [1.82, 2.24) is 19.3 Å². The van der Waals surface area contributed by atoms with Crippen LogP contribution in [0.25, 0.3) is 11.0 Å². The topological polar surface area (TPSA) is 85.5 Å². The molecule has 2 aromatic carbocycles. The second-order valence-corrected chi connectivity index (χ2v) is 18.1. The molecule has 226 valence electrons. The first-order valence-corrected chi connectivity index (χ1v) is 17.9. The van der Waals surface area contributed by atoms with Gasteiger partial charge in [-0.3, -0.25) is 19.2 Å². The summed E-state index contributed by atoms with van der Waals surface area (Å²) in [6, 6.07) is 9.63. The number of hydrogen-bond acceptors (Lipinski definition) is 6. The summed E-state index contributed by atoms with van der Waals surface area (Å²) in [5, 5.41) is 4.29. The number of ether oxygens (including phenoxy) is 1. The van der Waals surface area contributed by atoms with Crippen molar-refractivity contribution in [2.24, 2.45) is 7.05 Å². The highest BCUT2D eigenvalue weighted by Crippen LogP contribution is 2.44. The molecule has 2 aliphatic heterocycles. The van der Waals surface area contributed by atoms with Gasteiger partial charge in [-0.15, -0.1) is 0 Å². The Labute approximate surface area is 247 Å². The van der Waals surface area contributed by atoms with Gasteiger partial charge in [-0.1, -0.05) is 25.7 Å². The number of fused-ring (bicyclic) bond motifs is 2. The fourth-order valence-corrected chi connectivity index (χ4v) is 6.54. The molecule has 0 spiro atoms. The summed E-state index contributed by atoms with van der Waals surface area (Å²) in [5.74, 6) is -4.00. The summed E-state index contributed by atoms with van der Waals surface area (Å²) in [6.07, 6.45) is 1.97. The quantitative estimate of drug-likeness (QED) is 0.139. The molecule has 1 saturated heterocycles. The molecule has 1 amide bonds. The van der Waals surface area contributed by atoms with Gasteiger partial charge in [-0.25, -0.2) is 18.2 Å². The molecule has 0 bridgehead atoms. The van der Waals surface area contributed by atoms with Crippen LogP contribution in [0.2, 0.25) is 25.7 Å². The monoisotopic (exact) mass is 610 g/mol. The third-order valence-corrected chi connectivity index (χ3v) is 9.82. The van der Waals surface area contributed by atoms with E-state index in [0.717, 1.165) is 11.6 Å². The van der Waals surface area contributed by atoms with Crippen molar-refractivity contribution in [3.63, 3.8) is 0 Å². The largest absolute Gasteiger partial charge is 0.365 e. The summed E-state index contributed by atoms with van der Waals surface area (Å²) in [5.41, 5.74) is 2.83. The van der Waals surface area contributed by atoms with Crippen LogP contribution in [-0.4, -0.2) is 65.2 Å². The molecule has 0 aliphatic carbocycles. The number of hydrogen-bond donors (Lipinski definition) is 0. The fraction of sp³-hybridized carbons (Fsp3) is 0.400. The van der Waals surface area contributed by atoms with Gasteiger partial charge in [0.1, 0.15) is 18.2 Å². The minimum atomic E-state index is -2.83. The molecule has 13 heteroatoms. The Kier molecular flexibility index (Phi) is 7.20. The van der Waals surface area contributed by atoms with Gasteiger partial charge in [-0.2, -0.15) is 5.10 Å². The van der Waals surface area contributed by atoms with Crippen LogP contribution in [0.4, 0.5) is 24.5 Å². The molecule has 1 atom stereocenters. The van der Waals surface area contributed by atoms with Crippen LogP contribution in [0.3, 0.4) is 0 Å². The molecule has 0 N–H and O–H groups in total. The fourth-order valence-electron chi connectivity index (χ4n) is 5.78. The average molecular weight is 611 g/mol. The van der Waals surface area contributed by atoms with Crippen LogP contribution in [0.5, 0.6) is 0 Å². The van der Waals surface area contributed by atoms with E-state index in [2.05, 4.69) is 29.7 Å². The lowest BCUT2D eigenvalue weighted by Gasteiger charge is -2.27. The molecule has 1 unspecified atom stereocenters. The second-order valence-electron chi connectivity index (χ2n) is 12.4. The maximum Gasteiger partial charge on any atom is 0.280 e. The van der Waals surface area contributed by atoms with E-state index in [0.29, 0.717) is 42.1 Å². The number of carbonyl (C=O) groups is 2. The molecule has 4 heterocycles. The lowest BCUT2D eigenvalue weighted by Crippen LogP contribution is -2.30. The van der Waals surface area contributed by atoms with Crippen molar-refractivity contribution >= 4 is 42.7 Å². The smallest absolute Gasteiger partial charge is 0.280 e. The van der Waals surface area contributed by atoms with Gasteiger partial charge < -0.3 is 14.2 Å². The first-order chi connectivity index (χ1) is 20.4. The standard InChI is InChI=1S/C30H33F3N6O3Si/c1-36-25(15-40)26-27(35-36)29(41)39(28(26)21-7-5-19(13-22(21)31)37-10-9-30(32,33)16-37)20-6-8-24-23(14-20)34-17-38(24)18-42-11-12-43(2,3)4/h5-8,13-15,17,28H,9-12,16,18H2,1-4H3. The second kappa shape index (κ2) is 10.6. The Balaban J connectivity index is 1.35. The average Bonchev–Trinajstić information content (AvgIpc) is 3.67. The molecule has 9 nitrogen and oxygen atoms in total. The van der Waals surface area contributed by atoms with Crippen LogP contribution < -0.4 is 9.80 Å². The van der Waals surface area contributed by atoms with E-state index in [4.69, 9.17) is 4.74 Å². The van der Waals surface area contributed by atoms with E-state index in [1.54, 1.807) is 31.6 Å². The zero-order valence-corrected chi connectivity index (χ0v) is 25.5. The molecule has 43 heavy (non-hydrogen) atoms. The van der Waals surface area contributed by atoms with Gasteiger partial charge in [0.25, 0.3) is 11.8 Å². The van der Waals surface area contributed by atoms with Gasteiger partial charge in [0.05, 0.1) is 29.9 Å². The van der Waals surface area contributed by atoms with E-state index in [1.165, 1.54) is 26.6 Å². The third kappa shape index (κ3) is 5.35. The number of imidazole rings is 1. The number of nitrogens with zero attached hydrogens (tertiary/aromatic N) is 6. The first kappa shape index (κ1) is 29.1. The van der Waals surface area contributed by atoms with E-state index in [9.17, 15) is 18.4 Å². The van der Waals surface area contributed by atoms with Crippen molar-refractivity contribution in [2.75, 3.05) is 29.5 Å². The highest BCUT2D eigenvalue weighted by Gasteiger charge is 2.45. The van der Waals surface area contributed by atoms with Crippen molar-refractivity contribution in [3.8, 4) is 0 Å². The normalized spacial score (nSPS) is 18.2. The molecule has 4 aromatic rings. The van der Waals surface area contributed by atoms with E-state index >= 15 is 4.39 Å². The summed E-state index contributed by atoms with van der Waals surface area (Å²) >= 11 is 0. The zero-order chi connectivity index (χ0) is 30.7. The lowest BCUT2D eigenvalue weighted by molar-refractivity contribution is 0.0257. The molecule has 2 aliphatic rings. The maximum absolute atomic E-state index is 15.9. The number of carbonyl (C=O) groups excluding carboxylic acids is 2. The number of amides is 1. The maximum atomic E-state index is 15.9. The van der Waals surface area contributed by atoms with Gasteiger partial charge in [0.15, 0.2) is 12.0 Å². The predicted molar refractivity (Wildman–Crippen MR) is 159 cm³/mol. The Morgan fingerprint density at radius 3 is 2.58 bits per heavy atom. The van der Waals surface area contributed by atoms with E-state index in [1.807, 2.05) is 10.6 Å². The summed E-state index contributed by atoms with van der Waals surface area (Å²) in [4.78, 5) is 33.3. The Morgan fingerprint density at radius 1 is 1.14 bits per heavy atom. The molecule has 2 aromatic heterocycles. The van der Waals surface area contributed by atoms with Crippen LogP contribution in [0.15, 0.2) is 42.7 Å². The van der Waals surface area contributed by atoms with Crippen molar-refractivity contribution in [2.45, 2.75) is 50.8 Å². The number of alkyl halides is 2. The number of aldehydes is 1. The van der Waals surface area contributed by atoms with Crippen molar-refractivity contribution in [3.05, 3.63) is 71.1 Å². The molecule has 1 fully saturated rings. The van der Waals surface area contributed by atoms with Crippen LogP contribution >= 0.6 is 0 Å². The predicted octanol–water partition coefficient (Wildman–Crippen LogP) is 5.63. The lowest BCUT2D eigenvalue weighted by atomic mass is 9.97. The highest BCUT2D eigenvalue weighted by molar-refractivity contribution is 6.76. The number of halogens is 3. The zero-order valence-electron chi connectivity index (χ0n) is 24.5.